The Labute approximate surface area is 133 Å². The fourth-order valence-corrected chi connectivity index (χ4v) is 0.966. The van der Waals surface area contributed by atoms with Crippen molar-refractivity contribution in [1.29, 1.82) is 0 Å². The van der Waals surface area contributed by atoms with E-state index in [4.69, 9.17) is 0 Å². The molecule has 1 N–H and O–H groups in total. The number of alkyl halides is 1. The number of nitrogens with one attached hydrogen (secondary N) is 1. The average Bonchev–Trinajstić information content (AvgIpc) is 2.26. The van der Waals surface area contributed by atoms with Gasteiger partial charge < -0.3 is 5.32 Å². The van der Waals surface area contributed by atoms with Crippen LogP contribution in [0.5, 0.6) is 0 Å². The number of hydrogen-bond acceptors (Lipinski definition) is 1. The summed E-state index contributed by atoms with van der Waals surface area (Å²) in [6, 6.07) is 0. The Kier molecular flexibility index (Phi) is 39.3. The van der Waals surface area contributed by atoms with E-state index >= 15 is 0 Å². The monoisotopic (exact) mass is 652 g/mol. The predicted molar refractivity (Wildman–Crippen MR) is 90.6 cm³/mol. The minimum atomic E-state index is 0.530. The molecule has 0 unspecified atom stereocenters. The zero-order valence-corrected chi connectivity index (χ0v) is 18.0. The van der Waals surface area contributed by atoms with Gasteiger partial charge in [0.15, 0.2) is 0 Å². The van der Waals surface area contributed by atoms with Gasteiger partial charge in [-0.15, -0.1) is 0 Å². The summed E-state index contributed by atoms with van der Waals surface area (Å²) in [5, 5.41) is 3.32. The van der Waals surface area contributed by atoms with Crippen molar-refractivity contribution in [3.05, 3.63) is 0 Å². The Morgan fingerprint density at radius 1 is 1.07 bits per heavy atom. The van der Waals surface area contributed by atoms with Gasteiger partial charge in [0.05, 0.1) is 0 Å². The molecule has 0 aromatic carbocycles. The molecule has 1 rings (SSSR count). The predicted octanol–water partition coefficient (Wildman–Crippen LogP) is 1.86. The van der Waals surface area contributed by atoms with Gasteiger partial charge in [-0.1, -0.05) is 43.4 Å². The fourth-order valence-electron chi connectivity index (χ4n) is 0.966. The van der Waals surface area contributed by atoms with Crippen LogP contribution in [-0.2, 0) is 0 Å². The number of rotatable bonds is 0. The van der Waals surface area contributed by atoms with Crippen molar-refractivity contribution in [2.45, 2.75) is 33.6 Å². The summed E-state index contributed by atoms with van der Waals surface area (Å²) >= 11 is 7.45. The molecule has 0 bridgehead atoms. The molecule has 0 aliphatic carbocycles. The normalized spacial score (nSPS) is 15.1. The Hall–Kier alpha value is 2.88. The van der Waals surface area contributed by atoms with E-state index in [-0.39, 0.29) is 0 Å². The minimum absolute atomic E-state index is 0.530. The van der Waals surface area contributed by atoms with E-state index in [2.05, 4.69) is 72.1 Å². The fraction of sp³-hybridized carbons (Fsp3) is 1.00. The van der Waals surface area contributed by atoms with Gasteiger partial charge >= 0.3 is 50.5 Å². The summed E-state index contributed by atoms with van der Waals surface area (Å²) in [5.74, 6) is 0.973. The van der Waals surface area contributed by atoms with Gasteiger partial charge in [-0.3, -0.25) is 0 Å². The summed E-state index contributed by atoms with van der Waals surface area (Å²) in [4.78, 5) is 1.97. The van der Waals surface area contributed by atoms with Gasteiger partial charge in [0, 0.05) is 0 Å². The molecule has 1 nitrogen and oxygen atoms in total. The first-order valence-corrected chi connectivity index (χ1v) is 19.5. The van der Waals surface area contributed by atoms with Crippen LogP contribution in [0.15, 0.2) is 0 Å². The maximum atomic E-state index is 3.32. The summed E-state index contributed by atoms with van der Waals surface area (Å²) in [5.41, 5.74) is 0. The van der Waals surface area contributed by atoms with E-state index in [1.807, 2.05) is 18.8 Å². The maximum absolute atomic E-state index is 3.32. The Bertz CT molecular complexity index is 67.8. The molecule has 0 aromatic rings. The second-order valence-corrected chi connectivity index (χ2v) is 18.7. The third-order valence-corrected chi connectivity index (χ3v) is 1.63. The molecule has 0 aromatic heterocycles. The summed E-state index contributed by atoms with van der Waals surface area (Å²) in [6.07, 6.45) is 2.75. The van der Waals surface area contributed by atoms with E-state index < -0.39 is 0 Å². The van der Waals surface area contributed by atoms with Crippen LogP contribution < -0.4 is 18.6 Å². The summed E-state index contributed by atoms with van der Waals surface area (Å²) < 4.78 is 0. The van der Waals surface area contributed by atoms with Crippen molar-refractivity contribution in [2.24, 2.45) is 5.92 Å². The van der Waals surface area contributed by atoms with Crippen molar-refractivity contribution < 1.29 is 13.3 Å². The molecule has 92 valence electrons. The van der Waals surface area contributed by atoms with Crippen LogP contribution in [0.1, 0.15) is 33.6 Å². The number of hydrogen-bond donors (Lipinski definition) is 1. The van der Waals surface area contributed by atoms with E-state index in [0.717, 1.165) is 5.92 Å². The van der Waals surface area contributed by atoms with E-state index in [0.29, 0.717) is 13.3 Å². The van der Waals surface area contributed by atoms with Crippen molar-refractivity contribution in [2.75, 3.05) is 18.0 Å². The van der Waals surface area contributed by atoms with Crippen molar-refractivity contribution in [1.82, 2.24) is 5.32 Å². The molecule has 0 spiro atoms. The Morgan fingerprint density at radius 3 is 1.50 bits per heavy atom. The Morgan fingerprint density at radius 2 is 1.36 bits per heavy atom. The molecule has 14 heavy (non-hydrogen) atoms. The second-order valence-electron chi connectivity index (χ2n) is 2.49. The third kappa shape index (κ3) is 24.2. The molecule has 5 heteroatoms. The van der Waals surface area contributed by atoms with Crippen molar-refractivity contribution in [3.8, 4) is 0 Å². The summed E-state index contributed by atoms with van der Waals surface area (Å²) in [7, 11) is 0. The van der Waals surface area contributed by atoms with Crippen LogP contribution in [-0.4, -0.2) is 18.0 Å². The zero-order chi connectivity index (χ0) is 11.8. The average molecular weight is 652 g/mol. The molecular formula is C9H22I4N-. The van der Waals surface area contributed by atoms with Gasteiger partial charge in [-0.2, -0.15) is 0 Å². The molecule has 1 saturated heterocycles. The zero-order valence-electron chi connectivity index (χ0n) is 9.42. The van der Waals surface area contributed by atoms with E-state index in [9.17, 15) is 0 Å². The van der Waals surface area contributed by atoms with Crippen LogP contribution in [0.25, 0.3) is 0 Å². The molecule has 1 aliphatic heterocycles. The Balaban J connectivity index is -0.000000148. The molecule has 0 saturated carbocycles. The molecule has 1 heterocycles. The van der Waals surface area contributed by atoms with Crippen LogP contribution >= 0.6 is 59.8 Å². The van der Waals surface area contributed by atoms with Crippen molar-refractivity contribution >= 4 is 59.8 Å². The third-order valence-electron chi connectivity index (χ3n) is 1.63. The quantitative estimate of drug-likeness (QED) is 0.312. The first-order chi connectivity index (χ1) is 6.81. The van der Waals surface area contributed by atoms with Gasteiger partial charge in [0.2, 0.25) is 0 Å². The van der Waals surface area contributed by atoms with Gasteiger partial charge in [0.25, 0.3) is 0 Å². The number of halogens is 4. The number of piperidine rings is 1. The molecule has 0 radical (unpaired) electrons. The van der Waals surface area contributed by atoms with Gasteiger partial charge in [-0.05, 0) is 36.8 Å². The molecule has 1 aliphatic rings. The summed E-state index contributed by atoms with van der Waals surface area (Å²) in [6.45, 7) is 8.79. The van der Waals surface area contributed by atoms with Crippen LogP contribution in [0.3, 0.4) is 0 Å². The topological polar surface area (TPSA) is 12.0 Å². The SMILES string of the molecule is CC.CC1CCNCC1.CI.I[I-]I. The molecular weight excluding hydrogens is 630 g/mol. The first-order valence-electron chi connectivity index (χ1n) is 4.76. The standard InChI is InChI=1S/C6H13N.C2H6.CH3I.I3/c1-6-2-4-7-5-3-6;2*1-2;1-3-2/h6-7H,2-5H2,1H3;1-2H3;1H3;/q;;;-1. The van der Waals surface area contributed by atoms with Gasteiger partial charge in [0.1, 0.15) is 0 Å². The van der Waals surface area contributed by atoms with E-state index in [1.54, 1.807) is 0 Å². The second kappa shape index (κ2) is 24.9. The van der Waals surface area contributed by atoms with Crippen LogP contribution in [0.4, 0.5) is 0 Å². The molecule has 1 fully saturated rings. The van der Waals surface area contributed by atoms with Gasteiger partial charge in [-0.25, -0.2) is 0 Å². The molecule has 0 amide bonds. The van der Waals surface area contributed by atoms with Crippen LogP contribution in [0.2, 0.25) is 0 Å². The van der Waals surface area contributed by atoms with Crippen LogP contribution in [0, 0.1) is 5.92 Å². The van der Waals surface area contributed by atoms with Crippen molar-refractivity contribution in [3.63, 3.8) is 0 Å². The molecule has 0 atom stereocenters. The van der Waals surface area contributed by atoms with E-state index in [1.165, 1.54) is 25.9 Å². The first kappa shape index (κ1) is 22.1.